The first-order valence-electron chi connectivity index (χ1n) is 9.32. The first kappa shape index (κ1) is 18.8. The van der Waals surface area contributed by atoms with Crippen LogP contribution < -0.4 is 0 Å². The fraction of sp³-hybridized carbons (Fsp3) is 0.286. The van der Waals surface area contributed by atoms with E-state index in [1.54, 1.807) is 0 Å². The second-order valence-corrected chi connectivity index (χ2v) is 8.99. The minimum absolute atomic E-state index is 0.00901. The third kappa shape index (κ3) is 3.47. The fourth-order valence-corrected chi connectivity index (χ4v) is 5.33. The van der Waals surface area contributed by atoms with Gasteiger partial charge < -0.3 is 4.57 Å². The number of sulfonamides is 1. The van der Waals surface area contributed by atoms with Crippen molar-refractivity contribution in [1.29, 1.82) is 0 Å². The van der Waals surface area contributed by atoms with E-state index >= 15 is 0 Å². The van der Waals surface area contributed by atoms with Crippen LogP contribution in [0.2, 0.25) is 0 Å². The molecular formula is C21H22FN3O2S. The van der Waals surface area contributed by atoms with E-state index in [1.165, 1.54) is 22.5 Å². The van der Waals surface area contributed by atoms with Gasteiger partial charge >= 0.3 is 0 Å². The lowest BCUT2D eigenvalue weighted by Gasteiger charge is -2.33. The number of benzene rings is 2. The van der Waals surface area contributed by atoms with E-state index in [2.05, 4.69) is 9.55 Å². The molecule has 28 heavy (non-hydrogen) atoms. The highest BCUT2D eigenvalue weighted by Crippen LogP contribution is 2.32. The van der Waals surface area contributed by atoms with Crippen LogP contribution in [0.25, 0.3) is 11.4 Å². The summed E-state index contributed by atoms with van der Waals surface area (Å²) in [5, 5.41) is 0. The second kappa shape index (κ2) is 7.48. The molecule has 0 N–H and O–H groups in total. The number of piperidine rings is 1. The molecule has 5 nitrogen and oxygen atoms in total. The van der Waals surface area contributed by atoms with Crippen LogP contribution in [-0.2, 0) is 10.0 Å². The number of halogens is 1. The number of aromatic nitrogens is 2. The third-order valence-electron chi connectivity index (χ3n) is 5.24. The number of aryl methyl sites for hydroxylation is 1. The summed E-state index contributed by atoms with van der Waals surface area (Å²) >= 11 is 0. The Morgan fingerprint density at radius 2 is 1.75 bits per heavy atom. The second-order valence-electron chi connectivity index (χ2n) is 7.05. The largest absolute Gasteiger partial charge is 0.325 e. The first-order valence-corrected chi connectivity index (χ1v) is 10.8. The predicted molar refractivity (Wildman–Crippen MR) is 106 cm³/mol. The Hall–Kier alpha value is -2.51. The van der Waals surface area contributed by atoms with Crippen LogP contribution in [0.4, 0.5) is 4.39 Å². The lowest BCUT2D eigenvalue weighted by molar-refractivity contribution is 0.273. The van der Waals surface area contributed by atoms with E-state index in [1.807, 2.05) is 43.5 Å². The molecule has 1 aliphatic heterocycles. The van der Waals surface area contributed by atoms with E-state index in [0.29, 0.717) is 25.9 Å². The molecule has 2 heterocycles. The van der Waals surface area contributed by atoms with Gasteiger partial charge in [-0.1, -0.05) is 36.4 Å². The van der Waals surface area contributed by atoms with Crippen LogP contribution in [0, 0.1) is 12.7 Å². The summed E-state index contributed by atoms with van der Waals surface area (Å²) < 4.78 is 42.8. The molecule has 0 spiro atoms. The highest BCUT2D eigenvalue weighted by Gasteiger charge is 2.31. The Balaban J connectivity index is 1.55. The molecule has 1 aromatic heterocycles. The number of imidazole rings is 1. The summed E-state index contributed by atoms with van der Waals surface area (Å²) in [4.78, 5) is 4.58. The molecule has 0 unspecified atom stereocenters. The predicted octanol–water partition coefficient (Wildman–Crippen LogP) is 4.02. The molecule has 0 aliphatic carbocycles. The molecule has 0 amide bonds. The van der Waals surface area contributed by atoms with Crippen molar-refractivity contribution in [3.63, 3.8) is 0 Å². The molecule has 1 aliphatic rings. The Labute approximate surface area is 164 Å². The van der Waals surface area contributed by atoms with Gasteiger partial charge in [0.05, 0.1) is 4.90 Å². The van der Waals surface area contributed by atoms with E-state index in [9.17, 15) is 12.8 Å². The van der Waals surface area contributed by atoms with E-state index in [-0.39, 0.29) is 10.9 Å². The van der Waals surface area contributed by atoms with Gasteiger partial charge in [0.2, 0.25) is 10.0 Å². The van der Waals surface area contributed by atoms with Gasteiger partial charge in [-0.25, -0.2) is 17.8 Å². The summed E-state index contributed by atoms with van der Waals surface area (Å²) in [5.74, 6) is 0.363. The standard InChI is InChI=1S/C21H22FN3O2S/c1-16-15-23-21(17-6-3-2-4-7-17)25(16)19-10-12-24(13-11-19)28(26,27)20-9-5-8-18(22)14-20/h2-9,14-15,19H,10-13H2,1H3. The highest BCUT2D eigenvalue weighted by atomic mass is 32.2. The molecule has 0 atom stereocenters. The molecule has 0 radical (unpaired) electrons. The van der Waals surface area contributed by atoms with Gasteiger partial charge in [-0.2, -0.15) is 4.31 Å². The molecule has 7 heteroatoms. The average molecular weight is 399 g/mol. The zero-order valence-electron chi connectivity index (χ0n) is 15.6. The Morgan fingerprint density at radius 1 is 1.04 bits per heavy atom. The number of rotatable bonds is 4. The van der Waals surface area contributed by atoms with Crippen molar-refractivity contribution in [1.82, 2.24) is 13.9 Å². The van der Waals surface area contributed by atoms with Crippen LogP contribution in [0.5, 0.6) is 0 Å². The molecule has 0 saturated carbocycles. The van der Waals surface area contributed by atoms with E-state index < -0.39 is 15.8 Å². The summed E-state index contributed by atoms with van der Waals surface area (Å²) in [5.41, 5.74) is 2.11. The topological polar surface area (TPSA) is 55.2 Å². The summed E-state index contributed by atoms with van der Waals surface area (Å²) in [6.07, 6.45) is 3.23. The summed E-state index contributed by atoms with van der Waals surface area (Å²) in [7, 11) is -3.68. The number of hydrogen-bond acceptors (Lipinski definition) is 3. The molecule has 4 rings (SSSR count). The molecule has 1 fully saturated rings. The van der Waals surface area contributed by atoms with Crippen LogP contribution in [0.1, 0.15) is 24.6 Å². The van der Waals surface area contributed by atoms with Gasteiger partial charge in [-0.05, 0) is 38.0 Å². The zero-order chi connectivity index (χ0) is 19.7. The maximum absolute atomic E-state index is 13.5. The first-order chi connectivity index (χ1) is 13.5. The molecule has 2 aromatic carbocycles. The van der Waals surface area contributed by atoms with Gasteiger partial charge in [0.1, 0.15) is 11.6 Å². The normalized spacial score (nSPS) is 16.4. The molecule has 0 bridgehead atoms. The Morgan fingerprint density at radius 3 is 2.43 bits per heavy atom. The number of nitrogens with zero attached hydrogens (tertiary/aromatic N) is 3. The van der Waals surface area contributed by atoms with E-state index in [0.717, 1.165) is 23.1 Å². The Bertz CT molecular complexity index is 1070. The SMILES string of the molecule is Cc1cnc(-c2ccccc2)n1C1CCN(S(=O)(=O)c2cccc(F)c2)CC1. The van der Waals surface area contributed by atoms with Gasteiger partial charge in [0, 0.05) is 36.6 Å². The van der Waals surface area contributed by atoms with Crippen molar-refractivity contribution in [2.24, 2.45) is 0 Å². The lowest BCUT2D eigenvalue weighted by atomic mass is 10.1. The van der Waals surface area contributed by atoms with Crippen LogP contribution in [0.15, 0.2) is 65.7 Å². The van der Waals surface area contributed by atoms with Crippen molar-refractivity contribution in [2.45, 2.75) is 30.7 Å². The summed E-state index contributed by atoms with van der Waals surface area (Å²) in [6, 6.07) is 15.4. The van der Waals surface area contributed by atoms with Crippen molar-refractivity contribution in [3.05, 3.63) is 72.3 Å². The zero-order valence-corrected chi connectivity index (χ0v) is 16.4. The van der Waals surface area contributed by atoms with Gasteiger partial charge in [-0.15, -0.1) is 0 Å². The minimum atomic E-state index is -3.68. The molecule has 146 valence electrons. The molecule has 3 aromatic rings. The van der Waals surface area contributed by atoms with Crippen molar-refractivity contribution in [3.8, 4) is 11.4 Å². The maximum atomic E-state index is 13.5. The lowest BCUT2D eigenvalue weighted by Crippen LogP contribution is -2.39. The van der Waals surface area contributed by atoms with Gasteiger partial charge in [0.15, 0.2) is 0 Å². The van der Waals surface area contributed by atoms with E-state index in [4.69, 9.17) is 0 Å². The van der Waals surface area contributed by atoms with Gasteiger partial charge in [-0.3, -0.25) is 0 Å². The fourth-order valence-electron chi connectivity index (χ4n) is 3.83. The van der Waals surface area contributed by atoms with Crippen LogP contribution >= 0.6 is 0 Å². The minimum Gasteiger partial charge on any atom is -0.325 e. The van der Waals surface area contributed by atoms with Gasteiger partial charge in [0.25, 0.3) is 0 Å². The highest BCUT2D eigenvalue weighted by molar-refractivity contribution is 7.89. The third-order valence-corrected chi connectivity index (χ3v) is 7.13. The Kier molecular flexibility index (Phi) is 5.03. The van der Waals surface area contributed by atoms with Crippen LogP contribution in [-0.4, -0.2) is 35.4 Å². The maximum Gasteiger partial charge on any atom is 0.243 e. The average Bonchev–Trinajstić information content (AvgIpc) is 3.10. The quantitative estimate of drug-likeness (QED) is 0.666. The van der Waals surface area contributed by atoms with Crippen molar-refractivity contribution < 1.29 is 12.8 Å². The molecular weight excluding hydrogens is 377 g/mol. The smallest absolute Gasteiger partial charge is 0.243 e. The van der Waals surface area contributed by atoms with Crippen molar-refractivity contribution in [2.75, 3.05) is 13.1 Å². The summed E-state index contributed by atoms with van der Waals surface area (Å²) in [6.45, 7) is 2.82. The van der Waals surface area contributed by atoms with Crippen molar-refractivity contribution >= 4 is 10.0 Å². The molecule has 1 saturated heterocycles. The number of hydrogen-bond donors (Lipinski definition) is 0. The monoisotopic (exact) mass is 399 g/mol. The van der Waals surface area contributed by atoms with Crippen LogP contribution in [0.3, 0.4) is 0 Å².